The van der Waals surface area contributed by atoms with Crippen LogP contribution in [0.5, 0.6) is 0 Å². The molecule has 0 aliphatic heterocycles. The van der Waals surface area contributed by atoms with Crippen LogP contribution in [0.25, 0.3) is 0 Å². The zero-order chi connectivity index (χ0) is 18.0. The molecule has 130 valence electrons. The van der Waals surface area contributed by atoms with Crippen LogP contribution in [-0.2, 0) is 4.79 Å². The maximum atomic E-state index is 13.2. The third-order valence-electron chi connectivity index (χ3n) is 4.56. The highest BCUT2D eigenvalue weighted by Crippen LogP contribution is 2.39. The Morgan fingerprint density at radius 3 is 2.33 bits per heavy atom. The van der Waals surface area contributed by atoms with Crippen molar-refractivity contribution in [1.29, 1.82) is 5.26 Å². The van der Waals surface area contributed by atoms with E-state index in [2.05, 4.69) is 37.5 Å². The van der Waals surface area contributed by atoms with Gasteiger partial charge in [-0.2, -0.15) is 5.26 Å². The van der Waals surface area contributed by atoms with Crippen LogP contribution in [0, 0.1) is 28.5 Å². The monoisotopic (exact) mass is 331 g/mol. The molecule has 0 heterocycles. The minimum atomic E-state index is -0.786. The maximum Gasteiger partial charge on any atom is 0.235 e. The summed E-state index contributed by atoms with van der Waals surface area (Å²) < 4.78 is 13.2. The van der Waals surface area contributed by atoms with Crippen LogP contribution in [0.15, 0.2) is 24.3 Å². The molecule has 2 N–H and O–H groups in total. The van der Waals surface area contributed by atoms with Gasteiger partial charge in [0.05, 0.1) is 12.6 Å². The van der Waals surface area contributed by atoms with Gasteiger partial charge < -0.3 is 10.6 Å². The van der Waals surface area contributed by atoms with Crippen LogP contribution in [0.3, 0.4) is 0 Å². The molecule has 1 aromatic carbocycles. The minimum absolute atomic E-state index is 0.0990. The van der Waals surface area contributed by atoms with E-state index in [0.29, 0.717) is 0 Å². The normalized spacial score (nSPS) is 18.3. The van der Waals surface area contributed by atoms with Gasteiger partial charge in [0.2, 0.25) is 5.91 Å². The molecule has 0 radical (unpaired) electrons. The number of amides is 1. The average Bonchev–Trinajstić information content (AvgIpc) is 3.33. The summed E-state index contributed by atoms with van der Waals surface area (Å²) in [5.74, 6) is -0.220. The predicted octanol–water partition coefficient (Wildman–Crippen LogP) is 3.31. The number of rotatable bonds is 6. The van der Waals surface area contributed by atoms with E-state index >= 15 is 0 Å². The fourth-order valence-corrected chi connectivity index (χ4v) is 2.99. The summed E-state index contributed by atoms with van der Waals surface area (Å²) in [6.45, 7) is 8.09. The van der Waals surface area contributed by atoms with E-state index in [1.54, 1.807) is 19.1 Å². The third-order valence-corrected chi connectivity index (χ3v) is 4.56. The first-order valence-electron chi connectivity index (χ1n) is 8.37. The van der Waals surface area contributed by atoms with Crippen LogP contribution in [0.4, 0.5) is 4.39 Å². The number of nitriles is 1. The van der Waals surface area contributed by atoms with Gasteiger partial charge in [-0.05, 0) is 48.8 Å². The van der Waals surface area contributed by atoms with Gasteiger partial charge in [-0.3, -0.25) is 4.79 Å². The highest BCUT2D eigenvalue weighted by atomic mass is 19.1. The van der Waals surface area contributed by atoms with Crippen molar-refractivity contribution in [3.63, 3.8) is 0 Å². The van der Waals surface area contributed by atoms with Gasteiger partial charge in [-0.1, -0.05) is 32.9 Å². The molecule has 2 rings (SSSR count). The van der Waals surface area contributed by atoms with Gasteiger partial charge in [0.25, 0.3) is 0 Å². The third kappa shape index (κ3) is 4.55. The van der Waals surface area contributed by atoms with Crippen molar-refractivity contribution in [2.75, 3.05) is 6.54 Å². The van der Waals surface area contributed by atoms with Crippen molar-refractivity contribution < 1.29 is 9.18 Å². The summed E-state index contributed by atoms with van der Waals surface area (Å²) in [4.78, 5) is 12.3. The second-order valence-corrected chi connectivity index (χ2v) is 7.87. The molecule has 24 heavy (non-hydrogen) atoms. The van der Waals surface area contributed by atoms with Gasteiger partial charge in [-0.15, -0.1) is 0 Å². The Labute approximate surface area is 143 Å². The Morgan fingerprint density at radius 2 is 1.88 bits per heavy atom. The second kappa shape index (κ2) is 6.90. The van der Waals surface area contributed by atoms with Crippen molar-refractivity contribution in [1.82, 2.24) is 10.6 Å². The number of carbonyl (C=O) groups is 1. The number of nitrogens with one attached hydrogen (secondary N) is 2. The fraction of sp³-hybridized carbons (Fsp3) is 0.579. The Morgan fingerprint density at radius 1 is 1.29 bits per heavy atom. The second-order valence-electron chi connectivity index (χ2n) is 7.87. The first-order valence-corrected chi connectivity index (χ1v) is 8.37. The van der Waals surface area contributed by atoms with E-state index in [-0.39, 0.29) is 35.6 Å². The lowest BCUT2D eigenvalue weighted by Gasteiger charge is -2.32. The number of carbonyl (C=O) groups excluding carboxylic acids is 1. The van der Waals surface area contributed by atoms with Crippen LogP contribution in [0.1, 0.15) is 52.1 Å². The molecule has 0 aromatic heterocycles. The fourth-order valence-electron chi connectivity index (χ4n) is 2.99. The van der Waals surface area contributed by atoms with E-state index in [1.807, 2.05) is 0 Å². The van der Waals surface area contributed by atoms with E-state index < -0.39 is 5.54 Å². The molecule has 1 fully saturated rings. The van der Waals surface area contributed by atoms with Crippen molar-refractivity contribution in [2.45, 2.75) is 52.1 Å². The van der Waals surface area contributed by atoms with E-state index in [9.17, 15) is 14.4 Å². The summed E-state index contributed by atoms with van der Waals surface area (Å²) in [7, 11) is 0. The molecule has 1 aliphatic rings. The number of benzene rings is 1. The molecule has 0 saturated heterocycles. The van der Waals surface area contributed by atoms with Crippen LogP contribution >= 0.6 is 0 Å². The summed E-state index contributed by atoms with van der Waals surface area (Å²) in [6, 6.07) is 8.45. The topological polar surface area (TPSA) is 64.9 Å². The number of halogens is 1. The van der Waals surface area contributed by atoms with Gasteiger partial charge >= 0.3 is 0 Å². The molecule has 1 saturated carbocycles. The Hall–Kier alpha value is -1.93. The number of hydrogen-bond donors (Lipinski definition) is 2. The minimum Gasteiger partial charge on any atom is -0.337 e. The van der Waals surface area contributed by atoms with Crippen molar-refractivity contribution in [2.24, 2.45) is 11.3 Å². The van der Waals surface area contributed by atoms with Crippen molar-refractivity contribution in [3.05, 3.63) is 35.6 Å². The molecule has 1 aromatic rings. The Kier molecular flexibility index (Phi) is 5.29. The molecule has 0 bridgehead atoms. The quantitative estimate of drug-likeness (QED) is 0.840. The highest BCUT2D eigenvalue weighted by molar-refractivity contribution is 5.79. The maximum absolute atomic E-state index is 13.2. The molecule has 1 aliphatic carbocycles. The largest absolute Gasteiger partial charge is 0.337 e. The standard InChI is InChI=1S/C19H26FN3O/c1-18(2,3)17(13-5-9-15(20)10-6-13)22-11-16(24)23-19(4,12-21)14-7-8-14/h5-6,9-10,14,17,22H,7-8,11H2,1-4H3,(H,23,24)/t17-,19+/m1/s1. The van der Waals surface area contributed by atoms with Gasteiger partial charge in [-0.25, -0.2) is 4.39 Å². The van der Waals surface area contributed by atoms with Gasteiger partial charge in [0.15, 0.2) is 0 Å². The van der Waals surface area contributed by atoms with Crippen LogP contribution < -0.4 is 10.6 Å². The Balaban J connectivity index is 2.01. The molecule has 4 nitrogen and oxygen atoms in total. The SMILES string of the molecule is CC(C)(C)[C@H](NCC(=O)N[C@@](C)(C#N)C1CC1)c1ccc(F)cc1. The summed E-state index contributed by atoms with van der Waals surface area (Å²) in [5, 5.41) is 15.4. The number of hydrogen-bond acceptors (Lipinski definition) is 3. The van der Waals surface area contributed by atoms with Crippen LogP contribution in [-0.4, -0.2) is 18.0 Å². The molecule has 0 unspecified atom stereocenters. The summed E-state index contributed by atoms with van der Waals surface area (Å²) in [6.07, 6.45) is 1.97. The molecule has 5 heteroatoms. The smallest absolute Gasteiger partial charge is 0.235 e. The Bertz CT molecular complexity index is 625. The molecule has 1 amide bonds. The van der Waals surface area contributed by atoms with Gasteiger partial charge in [0.1, 0.15) is 11.4 Å². The lowest BCUT2D eigenvalue weighted by atomic mass is 9.82. The molecular weight excluding hydrogens is 305 g/mol. The molecule has 2 atom stereocenters. The van der Waals surface area contributed by atoms with Crippen LogP contribution in [0.2, 0.25) is 0 Å². The molecule has 0 spiro atoms. The van der Waals surface area contributed by atoms with E-state index in [4.69, 9.17) is 0 Å². The zero-order valence-corrected chi connectivity index (χ0v) is 14.8. The van der Waals surface area contributed by atoms with E-state index in [0.717, 1.165) is 18.4 Å². The number of nitrogens with zero attached hydrogens (tertiary/aromatic N) is 1. The van der Waals surface area contributed by atoms with Crippen molar-refractivity contribution in [3.8, 4) is 6.07 Å². The lowest BCUT2D eigenvalue weighted by Crippen LogP contribution is -2.50. The molecular formula is C19H26FN3O. The zero-order valence-electron chi connectivity index (χ0n) is 14.8. The predicted molar refractivity (Wildman–Crippen MR) is 91.5 cm³/mol. The average molecular weight is 331 g/mol. The summed E-state index contributed by atoms with van der Waals surface area (Å²) in [5.41, 5.74) is 0.000804. The van der Waals surface area contributed by atoms with Gasteiger partial charge in [0, 0.05) is 6.04 Å². The van der Waals surface area contributed by atoms with E-state index in [1.165, 1.54) is 12.1 Å². The summed E-state index contributed by atoms with van der Waals surface area (Å²) >= 11 is 0. The lowest BCUT2D eigenvalue weighted by molar-refractivity contribution is -0.121. The van der Waals surface area contributed by atoms with Crippen molar-refractivity contribution >= 4 is 5.91 Å². The first-order chi connectivity index (χ1) is 11.2. The highest BCUT2D eigenvalue weighted by Gasteiger charge is 2.43. The first kappa shape index (κ1) is 18.4.